The Hall–Kier alpha value is -3.46. The first-order chi connectivity index (χ1) is 17.3. The first-order valence-corrected chi connectivity index (χ1v) is 13.0. The molecule has 0 aromatic heterocycles. The molecule has 1 aliphatic heterocycles. The fraction of sp³-hybridized carbons (Fsp3) is 0.143. The van der Waals surface area contributed by atoms with Gasteiger partial charge in [0.15, 0.2) is 5.78 Å². The average Bonchev–Trinajstić information content (AvgIpc) is 3.15. The van der Waals surface area contributed by atoms with Crippen molar-refractivity contribution in [2.24, 2.45) is 0 Å². The Morgan fingerprint density at radius 3 is 2.31 bits per heavy atom. The summed E-state index contributed by atoms with van der Waals surface area (Å²) in [5.74, 6) is -1.14. The smallest absolute Gasteiger partial charge is 0.322 e. The van der Waals surface area contributed by atoms with E-state index in [0.29, 0.717) is 10.6 Å². The fourth-order valence-corrected chi connectivity index (χ4v) is 5.74. The molecule has 1 unspecified atom stereocenters. The van der Waals surface area contributed by atoms with Crippen LogP contribution in [-0.4, -0.2) is 36.9 Å². The number of hydrogen-bond acceptors (Lipinski definition) is 5. The molecule has 0 radical (unpaired) electrons. The number of aryl methyl sites for hydroxylation is 1. The van der Waals surface area contributed by atoms with Crippen LogP contribution in [0.2, 0.25) is 0 Å². The summed E-state index contributed by atoms with van der Waals surface area (Å²) in [7, 11) is -1.72. The molecule has 1 saturated heterocycles. The zero-order valence-corrected chi connectivity index (χ0v) is 21.3. The maximum atomic E-state index is 13.2. The van der Waals surface area contributed by atoms with Gasteiger partial charge in [-0.15, -0.1) is 12.6 Å². The minimum Gasteiger partial charge on any atom is -0.480 e. The van der Waals surface area contributed by atoms with Gasteiger partial charge in [-0.3, -0.25) is 9.59 Å². The molecule has 3 aromatic rings. The molecule has 4 rings (SSSR count). The van der Waals surface area contributed by atoms with Gasteiger partial charge in [-0.2, -0.15) is 4.31 Å². The maximum Gasteiger partial charge on any atom is 0.322 e. The highest BCUT2D eigenvalue weighted by Crippen LogP contribution is 2.27. The molecule has 2 N–H and O–H groups in total. The minimum atomic E-state index is -1.72. The Kier molecular flexibility index (Phi) is 8.20. The zero-order valence-electron chi connectivity index (χ0n) is 19.6. The van der Waals surface area contributed by atoms with Crippen molar-refractivity contribution in [2.75, 3.05) is 0 Å². The van der Waals surface area contributed by atoms with E-state index < -0.39 is 28.5 Å². The molecule has 0 amide bonds. The summed E-state index contributed by atoms with van der Waals surface area (Å²) in [5, 5.41) is 13.2. The standard InChI is InChI=1S/C28H26N2O4S2/c1-19-7-14-23(15-8-19)25(31)16-13-20-9-11-22(12-10-20)18-26-29-28(35)30(36(26)34)24(27(32)33)17-21-5-3-2-4-6-21/h2-16,18,24,28-29,35H,17H2,1H3,(H,32,33)/b16-13+,26-18-/t24-,28-,36?/m0/s1. The van der Waals surface area contributed by atoms with Crippen LogP contribution in [0.5, 0.6) is 0 Å². The van der Waals surface area contributed by atoms with Gasteiger partial charge in [-0.25, -0.2) is 4.21 Å². The maximum absolute atomic E-state index is 13.2. The number of carboxylic acids is 1. The average molecular weight is 519 g/mol. The number of allylic oxidation sites excluding steroid dienone is 1. The van der Waals surface area contributed by atoms with Gasteiger partial charge in [0.2, 0.25) is 0 Å². The van der Waals surface area contributed by atoms with Crippen molar-refractivity contribution in [3.8, 4) is 0 Å². The lowest BCUT2D eigenvalue weighted by Crippen LogP contribution is -2.45. The van der Waals surface area contributed by atoms with E-state index in [9.17, 15) is 18.9 Å². The summed E-state index contributed by atoms with van der Waals surface area (Å²) in [6.45, 7) is 1.97. The van der Waals surface area contributed by atoms with Gasteiger partial charge < -0.3 is 10.4 Å². The third kappa shape index (κ3) is 6.20. The predicted octanol–water partition coefficient (Wildman–Crippen LogP) is 4.67. The highest BCUT2D eigenvalue weighted by atomic mass is 32.2. The molecular formula is C28H26N2O4S2. The number of ketones is 1. The Balaban J connectivity index is 1.46. The second kappa shape index (κ2) is 11.5. The minimum absolute atomic E-state index is 0.0739. The third-order valence-corrected chi connectivity index (χ3v) is 7.75. The largest absolute Gasteiger partial charge is 0.480 e. The molecule has 6 nitrogen and oxygen atoms in total. The molecule has 36 heavy (non-hydrogen) atoms. The van der Waals surface area contributed by atoms with E-state index in [0.717, 1.165) is 22.3 Å². The number of carboxylic acid groups (broad SMARTS) is 1. The van der Waals surface area contributed by atoms with Crippen LogP contribution in [-0.2, 0) is 22.2 Å². The molecule has 3 atom stereocenters. The lowest BCUT2D eigenvalue weighted by atomic mass is 10.1. The van der Waals surface area contributed by atoms with Gasteiger partial charge in [-0.1, -0.05) is 90.5 Å². The predicted molar refractivity (Wildman–Crippen MR) is 146 cm³/mol. The van der Waals surface area contributed by atoms with E-state index in [2.05, 4.69) is 17.9 Å². The van der Waals surface area contributed by atoms with Crippen LogP contribution in [0.3, 0.4) is 0 Å². The van der Waals surface area contributed by atoms with Crippen LogP contribution in [0, 0.1) is 6.92 Å². The number of carbonyl (C=O) groups is 2. The Morgan fingerprint density at radius 2 is 1.67 bits per heavy atom. The summed E-state index contributed by atoms with van der Waals surface area (Å²) in [4.78, 5) is 24.4. The van der Waals surface area contributed by atoms with Crippen molar-refractivity contribution < 1.29 is 18.9 Å². The molecule has 0 bridgehead atoms. The van der Waals surface area contributed by atoms with Gasteiger partial charge in [0.25, 0.3) is 0 Å². The summed E-state index contributed by atoms with van der Waals surface area (Å²) in [6.07, 6.45) is 5.20. The SMILES string of the molecule is Cc1ccc(C(=O)/C=C/c2ccc(/C=C3/N[C@H](S)N([C@@H](Cc4ccccc4)C(=O)O)S3=O)cc2)cc1. The number of rotatable bonds is 8. The lowest BCUT2D eigenvalue weighted by molar-refractivity contribution is -0.141. The molecule has 0 spiro atoms. The number of nitrogens with one attached hydrogen (secondary N) is 1. The molecule has 1 fully saturated rings. The van der Waals surface area contributed by atoms with Gasteiger partial charge in [0.1, 0.15) is 27.6 Å². The molecule has 1 heterocycles. The Bertz CT molecular complexity index is 1320. The summed E-state index contributed by atoms with van der Waals surface area (Å²) in [6, 6.07) is 23.0. The van der Waals surface area contributed by atoms with Crippen LogP contribution >= 0.6 is 12.6 Å². The van der Waals surface area contributed by atoms with Crippen LogP contribution < -0.4 is 5.32 Å². The molecule has 3 aromatic carbocycles. The molecule has 0 aliphatic carbocycles. The van der Waals surface area contributed by atoms with Crippen LogP contribution in [0.4, 0.5) is 0 Å². The Morgan fingerprint density at radius 1 is 1.03 bits per heavy atom. The molecule has 8 heteroatoms. The normalized spacial score (nSPS) is 19.9. The third-order valence-electron chi connectivity index (χ3n) is 5.75. The van der Waals surface area contributed by atoms with Gasteiger partial charge in [0, 0.05) is 5.56 Å². The van der Waals surface area contributed by atoms with Crippen LogP contribution in [0.15, 0.2) is 90.0 Å². The molecular weight excluding hydrogens is 492 g/mol. The lowest BCUT2D eigenvalue weighted by Gasteiger charge is -2.24. The van der Waals surface area contributed by atoms with Crippen molar-refractivity contribution >= 4 is 47.5 Å². The monoisotopic (exact) mass is 518 g/mol. The quantitative estimate of drug-likeness (QED) is 0.229. The number of benzene rings is 3. The first kappa shape index (κ1) is 25.6. The Labute approximate surface area is 218 Å². The van der Waals surface area contributed by atoms with E-state index in [4.69, 9.17) is 0 Å². The second-order valence-electron chi connectivity index (χ2n) is 8.41. The van der Waals surface area contributed by atoms with Crippen molar-refractivity contribution in [3.63, 3.8) is 0 Å². The van der Waals surface area contributed by atoms with Gasteiger partial charge in [0.05, 0.1) is 0 Å². The number of carbonyl (C=O) groups excluding carboxylic acids is 1. The molecule has 0 saturated carbocycles. The summed E-state index contributed by atoms with van der Waals surface area (Å²) in [5.41, 5.74) is 3.48. The highest BCUT2D eigenvalue weighted by molar-refractivity contribution is 7.89. The van der Waals surface area contributed by atoms with E-state index in [-0.39, 0.29) is 12.2 Å². The molecule has 1 aliphatic rings. The zero-order chi connectivity index (χ0) is 25.7. The number of thiol groups is 1. The topological polar surface area (TPSA) is 86.7 Å². The van der Waals surface area contributed by atoms with Crippen molar-refractivity contribution in [1.82, 2.24) is 9.62 Å². The molecule has 184 valence electrons. The second-order valence-corrected chi connectivity index (χ2v) is 10.3. The van der Waals surface area contributed by atoms with Crippen LogP contribution in [0.1, 0.15) is 32.6 Å². The van der Waals surface area contributed by atoms with E-state index in [1.165, 1.54) is 10.4 Å². The van der Waals surface area contributed by atoms with Gasteiger partial charge in [-0.05, 0) is 42.2 Å². The van der Waals surface area contributed by atoms with E-state index in [1.54, 1.807) is 24.3 Å². The van der Waals surface area contributed by atoms with Crippen molar-refractivity contribution in [2.45, 2.75) is 24.9 Å². The highest BCUT2D eigenvalue weighted by Gasteiger charge is 2.41. The number of aliphatic carboxylic acids is 1. The van der Waals surface area contributed by atoms with Crippen LogP contribution in [0.25, 0.3) is 12.2 Å². The van der Waals surface area contributed by atoms with Crippen molar-refractivity contribution in [1.29, 1.82) is 0 Å². The van der Waals surface area contributed by atoms with E-state index in [1.807, 2.05) is 73.7 Å². The first-order valence-electron chi connectivity index (χ1n) is 11.3. The van der Waals surface area contributed by atoms with Crippen molar-refractivity contribution in [3.05, 3.63) is 118 Å². The number of hydrogen-bond donors (Lipinski definition) is 3. The number of nitrogens with zero attached hydrogens (tertiary/aromatic N) is 1. The van der Waals surface area contributed by atoms with E-state index >= 15 is 0 Å². The summed E-state index contributed by atoms with van der Waals surface area (Å²) < 4.78 is 14.6. The van der Waals surface area contributed by atoms with Gasteiger partial charge >= 0.3 is 5.97 Å². The summed E-state index contributed by atoms with van der Waals surface area (Å²) >= 11 is 4.45. The fourth-order valence-electron chi connectivity index (χ4n) is 3.79.